The lowest BCUT2D eigenvalue weighted by Crippen LogP contribution is -2.28. The molecular formula is C15H16N4O2. The van der Waals surface area contributed by atoms with Crippen LogP contribution in [-0.4, -0.2) is 28.6 Å². The van der Waals surface area contributed by atoms with E-state index >= 15 is 0 Å². The van der Waals surface area contributed by atoms with Crippen molar-refractivity contribution in [3.05, 3.63) is 47.8 Å². The number of fused-ring (bicyclic) bond motifs is 1. The molecule has 0 aliphatic carbocycles. The zero-order valence-electron chi connectivity index (χ0n) is 11.4. The molecule has 6 heteroatoms. The summed E-state index contributed by atoms with van der Waals surface area (Å²) < 4.78 is 0. The van der Waals surface area contributed by atoms with E-state index in [4.69, 9.17) is 0 Å². The Kier molecular flexibility index (Phi) is 3.68. The summed E-state index contributed by atoms with van der Waals surface area (Å²) in [7, 11) is 0. The van der Waals surface area contributed by atoms with Gasteiger partial charge in [0, 0.05) is 24.8 Å². The molecule has 1 aliphatic heterocycles. The van der Waals surface area contributed by atoms with E-state index in [0.717, 1.165) is 23.2 Å². The number of benzene rings is 1. The summed E-state index contributed by atoms with van der Waals surface area (Å²) in [6.07, 6.45) is 4.42. The van der Waals surface area contributed by atoms with Crippen LogP contribution in [-0.2, 0) is 16.0 Å². The molecule has 0 bridgehead atoms. The lowest BCUT2D eigenvalue weighted by molar-refractivity contribution is -0.125. The zero-order chi connectivity index (χ0) is 14.7. The molecule has 1 aromatic carbocycles. The van der Waals surface area contributed by atoms with E-state index in [2.05, 4.69) is 20.8 Å². The Bertz CT molecular complexity index is 651. The minimum absolute atomic E-state index is 0.110. The predicted molar refractivity (Wildman–Crippen MR) is 77.7 cm³/mol. The van der Waals surface area contributed by atoms with Gasteiger partial charge in [0.1, 0.15) is 0 Å². The number of nitrogens with one attached hydrogen (secondary N) is 3. The number of carbonyl (C=O) groups excluding carboxylic acids is 2. The van der Waals surface area contributed by atoms with E-state index in [1.54, 1.807) is 12.4 Å². The number of para-hydroxylation sites is 1. The lowest BCUT2D eigenvalue weighted by Gasteiger charge is -2.09. The molecule has 0 saturated carbocycles. The van der Waals surface area contributed by atoms with Crippen molar-refractivity contribution < 1.29 is 9.59 Å². The molecule has 1 aliphatic rings. The molecule has 1 atom stereocenters. The molecule has 1 aromatic heterocycles. The van der Waals surface area contributed by atoms with Crippen molar-refractivity contribution in [2.75, 3.05) is 11.9 Å². The fourth-order valence-corrected chi connectivity index (χ4v) is 2.50. The van der Waals surface area contributed by atoms with Gasteiger partial charge in [-0.25, -0.2) is 0 Å². The number of carbonyl (C=O) groups is 2. The first-order valence-electron chi connectivity index (χ1n) is 6.88. The monoisotopic (exact) mass is 284 g/mol. The molecule has 6 nitrogen and oxygen atoms in total. The maximum absolute atomic E-state index is 12.0. The van der Waals surface area contributed by atoms with E-state index in [1.165, 1.54) is 0 Å². The minimum Gasteiger partial charge on any atom is -0.356 e. The number of hydrogen-bond donors (Lipinski definition) is 3. The number of H-pyrrole nitrogens is 1. The normalized spacial score (nSPS) is 16.4. The first-order chi connectivity index (χ1) is 10.2. The Morgan fingerprint density at radius 1 is 1.33 bits per heavy atom. The summed E-state index contributed by atoms with van der Waals surface area (Å²) in [5.74, 6) is -0.619. The smallest absolute Gasteiger partial charge is 0.232 e. The van der Waals surface area contributed by atoms with Crippen molar-refractivity contribution in [1.82, 2.24) is 15.5 Å². The standard InChI is InChI=1S/C15H16N4O2/c20-14(16-6-5-10-8-17-18-9-10)7-12-11-3-1-2-4-13(11)19-15(12)21/h1-4,8-9,12H,5-7H2,(H,16,20)(H,17,18)(H,19,21). The molecule has 108 valence electrons. The van der Waals surface area contributed by atoms with Crippen LogP contribution in [0.3, 0.4) is 0 Å². The Balaban J connectivity index is 1.54. The maximum atomic E-state index is 12.0. The van der Waals surface area contributed by atoms with Crippen LogP contribution in [0.15, 0.2) is 36.7 Å². The average Bonchev–Trinajstić information content (AvgIpc) is 3.08. The molecule has 1 unspecified atom stereocenters. The topological polar surface area (TPSA) is 86.9 Å². The molecular weight excluding hydrogens is 268 g/mol. The Morgan fingerprint density at radius 2 is 2.19 bits per heavy atom. The molecule has 0 fully saturated rings. The van der Waals surface area contributed by atoms with Crippen LogP contribution in [0, 0.1) is 0 Å². The molecule has 2 aromatic rings. The molecule has 0 spiro atoms. The predicted octanol–water partition coefficient (Wildman–Crippen LogP) is 1.19. The Labute approximate surface area is 121 Å². The highest BCUT2D eigenvalue weighted by Crippen LogP contribution is 2.34. The molecule has 0 radical (unpaired) electrons. The fourth-order valence-electron chi connectivity index (χ4n) is 2.50. The zero-order valence-corrected chi connectivity index (χ0v) is 11.4. The van der Waals surface area contributed by atoms with E-state index in [9.17, 15) is 9.59 Å². The summed E-state index contributed by atoms with van der Waals surface area (Å²) in [6, 6.07) is 7.48. The quantitative estimate of drug-likeness (QED) is 0.771. The SMILES string of the molecule is O=C(CC1C(=O)Nc2ccccc21)NCCc1cn[nH]c1. The largest absolute Gasteiger partial charge is 0.356 e. The third-order valence-corrected chi connectivity index (χ3v) is 3.59. The van der Waals surface area contributed by atoms with Gasteiger partial charge in [0.2, 0.25) is 11.8 Å². The third-order valence-electron chi connectivity index (χ3n) is 3.59. The number of amides is 2. The van der Waals surface area contributed by atoms with Crippen LogP contribution in [0.1, 0.15) is 23.5 Å². The number of nitrogens with zero attached hydrogens (tertiary/aromatic N) is 1. The van der Waals surface area contributed by atoms with E-state index in [-0.39, 0.29) is 18.2 Å². The number of aromatic amines is 1. The number of aromatic nitrogens is 2. The number of anilines is 1. The maximum Gasteiger partial charge on any atom is 0.232 e. The summed E-state index contributed by atoms with van der Waals surface area (Å²) in [5, 5.41) is 12.2. The molecule has 2 heterocycles. The second-order valence-electron chi connectivity index (χ2n) is 5.04. The Morgan fingerprint density at radius 3 is 3.00 bits per heavy atom. The summed E-state index contributed by atoms with van der Waals surface area (Å²) in [6.45, 7) is 0.536. The van der Waals surface area contributed by atoms with Crippen molar-refractivity contribution in [3.63, 3.8) is 0 Å². The van der Waals surface area contributed by atoms with Crippen molar-refractivity contribution >= 4 is 17.5 Å². The first kappa shape index (κ1) is 13.4. The molecule has 21 heavy (non-hydrogen) atoms. The highest BCUT2D eigenvalue weighted by atomic mass is 16.2. The first-order valence-corrected chi connectivity index (χ1v) is 6.88. The molecule has 3 rings (SSSR count). The van der Waals surface area contributed by atoms with E-state index < -0.39 is 5.92 Å². The van der Waals surface area contributed by atoms with Gasteiger partial charge in [0.05, 0.1) is 12.1 Å². The van der Waals surface area contributed by atoms with Gasteiger partial charge >= 0.3 is 0 Å². The summed E-state index contributed by atoms with van der Waals surface area (Å²) in [5.41, 5.74) is 2.74. The van der Waals surface area contributed by atoms with Gasteiger partial charge < -0.3 is 10.6 Å². The fraction of sp³-hybridized carbons (Fsp3) is 0.267. The van der Waals surface area contributed by atoms with Crippen LogP contribution in [0.5, 0.6) is 0 Å². The van der Waals surface area contributed by atoms with Gasteiger partial charge in [0.25, 0.3) is 0 Å². The van der Waals surface area contributed by atoms with Gasteiger partial charge in [-0.15, -0.1) is 0 Å². The molecule has 3 N–H and O–H groups in total. The molecule has 2 amide bonds. The van der Waals surface area contributed by atoms with E-state index in [1.807, 2.05) is 24.3 Å². The van der Waals surface area contributed by atoms with Crippen LogP contribution in [0.2, 0.25) is 0 Å². The van der Waals surface area contributed by atoms with Crippen LogP contribution >= 0.6 is 0 Å². The number of rotatable bonds is 5. The third kappa shape index (κ3) is 2.94. The minimum atomic E-state index is -0.393. The van der Waals surface area contributed by atoms with Crippen molar-refractivity contribution in [3.8, 4) is 0 Å². The van der Waals surface area contributed by atoms with Crippen molar-refractivity contribution in [2.45, 2.75) is 18.8 Å². The second-order valence-corrected chi connectivity index (χ2v) is 5.04. The second kappa shape index (κ2) is 5.78. The van der Waals surface area contributed by atoms with Crippen molar-refractivity contribution in [2.24, 2.45) is 0 Å². The lowest BCUT2D eigenvalue weighted by atomic mass is 9.97. The molecule has 0 saturated heterocycles. The highest BCUT2D eigenvalue weighted by molar-refractivity contribution is 6.04. The van der Waals surface area contributed by atoms with Gasteiger partial charge in [-0.3, -0.25) is 14.7 Å². The van der Waals surface area contributed by atoms with Gasteiger partial charge in [-0.2, -0.15) is 5.10 Å². The highest BCUT2D eigenvalue weighted by Gasteiger charge is 2.31. The van der Waals surface area contributed by atoms with Crippen molar-refractivity contribution in [1.29, 1.82) is 0 Å². The van der Waals surface area contributed by atoms with Gasteiger partial charge in [-0.1, -0.05) is 18.2 Å². The summed E-state index contributed by atoms with van der Waals surface area (Å²) in [4.78, 5) is 23.9. The van der Waals surface area contributed by atoms with E-state index in [0.29, 0.717) is 6.54 Å². The van der Waals surface area contributed by atoms with Crippen LogP contribution in [0.4, 0.5) is 5.69 Å². The average molecular weight is 284 g/mol. The number of hydrogen-bond acceptors (Lipinski definition) is 3. The van der Waals surface area contributed by atoms with Gasteiger partial charge in [-0.05, 0) is 23.6 Å². The van der Waals surface area contributed by atoms with Crippen LogP contribution < -0.4 is 10.6 Å². The Hall–Kier alpha value is -2.63. The van der Waals surface area contributed by atoms with Crippen LogP contribution in [0.25, 0.3) is 0 Å². The van der Waals surface area contributed by atoms with Gasteiger partial charge in [0.15, 0.2) is 0 Å². The summed E-state index contributed by atoms with van der Waals surface area (Å²) >= 11 is 0.